The third-order valence-corrected chi connectivity index (χ3v) is 4.56. The predicted molar refractivity (Wildman–Crippen MR) is 84.9 cm³/mol. The fourth-order valence-electron chi connectivity index (χ4n) is 2.42. The Morgan fingerprint density at radius 1 is 1.50 bits per heavy atom. The molecular formula is C15H19BrN2O4. The SMILES string of the molecule is COc1ccc(CNC(=O)N2CCC(C)(C(=O)O)C2)cc1Br. The quantitative estimate of drug-likeness (QED) is 0.852. The summed E-state index contributed by atoms with van der Waals surface area (Å²) in [5.41, 5.74) is 0.0849. The molecule has 0 bridgehead atoms. The monoisotopic (exact) mass is 370 g/mol. The van der Waals surface area contributed by atoms with Gasteiger partial charge in [0.2, 0.25) is 0 Å². The van der Waals surface area contributed by atoms with Gasteiger partial charge in [0.25, 0.3) is 0 Å². The van der Waals surface area contributed by atoms with Crippen molar-refractivity contribution in [3.63, 3.8) is 0 Å². The lowest BCUT2D eigenvalue weighted by Crippen LogP contribution is -2.40. The summed E-state index contributed by atoms with van der Waals surface area (Å²) in [5.74, 6) is -0.131. The van der Waals surface area contributed by atoms with Gasteiger partial charge in [-0.05, 0) is 47.0 Å². The van der Waals surface area contributed by atoms with E-state index in [0.29, 0.717) is 19.5 Å². The third kappa shape index (κ3) is 3.52. The van der Waals surface area contributed by atoms with E-state index < -0.39 is 11.4 Å². The van der Waals surface area contributed by atoms with Crippen LogP contribution in [-0.2, 0) is 11.3 Å². The van der Waals surface area contributed by atoms with Crippen molar-refractivity contribution in [1.82, 2.24) is 10.2 Å². The molecule has 0 radical (unpaired) electrons. The lowest BCUT2D eigenvalue weighted by Gasteiger charge is -2.20. The van der Waals surface area contributed by atoms with E-state index >= 15 is 0 Å². The van der Waals surface area contributed by atoms with Crippen molar-refractivity contribution >= 4 is 27.9 Å². The molecule has 0 saturated carbocycles. The number of amides is 2. The molecule has 2 rings (SSSR count). The maximum Gasteiger partial charge on any atom is 0.317 e. The summed E-state index contributed by atoms with van der Waals surface area (Å²) in [6, 6.07) is 5.33. The average molecular weight is 371 g/mol. The Bertz CT molecular complexity index is 593. The molecule has 1 atom stereocenters. The van der Waals surface area contributed by atoms with Gasteiger partial charge in [-0.25, -0.2) is 4.79 Å². The number of halogens is 1. The molecule has 22 heavy (non-hydrogen) atoms. The number of urea groups is 1. The molecule has 1 heterocycles. The van der Waals surface area contributed by atoms with Gasteiger partial charge in [0, 0.05) is 19.6 Å². The van der Waals surface area contributed by atoms with Crippen LogP contribution in [-0.4, -0.2) is 42.2 Å². The summed E-state index contributed by atoms with van der Waals surface area (Å²) >= 11 is 3.40. The van der Waals surface area contributed by atoms with Gasteiger partial charge in [0.1, 0.15) is 5.75 Å². The molecule has 2 amide bonds. The summed E-state index contributed by atoms with van der Waals surface area (Å²) in [6.07, 6.45) is 0.476. The highest BCUT2D eigenvalue weighted by Gasteiger charge is 2.42. The number of likely N-dealkylation sites (tertiary alicyclic amines) is 1. The molecule has 1 aliphatic heterocycles. The van der Waals surface area contributed by atoms with Crippen LogP contribution in [0.1, 0.15) is 18.9 Å². The molecule has 1 aromatic carbocycles. The van der Waals surface area contributed by atoms with Crippen molar-refractivity contribution in [2.45, 2.75) is 19.9 Å². The van der Waals surface area contributed by atoms with E-state index in [1.165, 1.54) is 0 Å². The molecule has 1 saturated heterocycles. The molecule has 0 spiro atoms. The van der Waals surface area contributed by atoms with Crippen LogP contribution in [0.2, 0.25) is 0 Å². The highest BCUT2D eigenvalue weighted by molar-refractivity contribution is 9.10. The highest BCUT2D eigenvalue weighted by Crippen LogP contribution is 2.30. The summed E-state index contributed by atoms with van der Waals surface area (Å²) in [6.45, 7) is 2.74. The van der Waals surface area contributed by atoms with Crippen molar-refractivity contribution in [3.8, 4) is 5.75 Å². The second-order valence-electron chi connectivity index (χ2n) is 5.66. The number of methoxy groups -OCH3 is 1. The molecule has 0 aromatic heterocycles. The zero-order chi connectivity index (χ0) is 16.3. The molecule has 0 aliphatic carbocycles. The first-order valence-corrected chi connectivity index (χ1v) is 7.73. The van der Waals surface area contributed by atoms with E-state index in [4.69, 9.17) is 4.74 Å². The normalized spacial score (nSPS) is 20.8. The van der Waals surface area contributed by atoms with E-state index in [0.717, 1.165) is 15.8 Å². The minimum Gasteiger partial charge on any atom is -0.496 e. The van der Waals surface area contributed by atoms with Crippen molar-refractivity contribution < 1.29 is 19.4 Å². The van der Waals surface area contributed by atoms with Crippen LogP contribution in [0.15, 0.2) is 22.7 Å². The number of hydrogen-bond donors (Lipinski definition) is 2. The number of aliphatic carboxylic acids is 1. The summed E-state index contributed by atoms with van der Waals surface area (Å²) in [7, 11) is 1.59. The third-order valence-electron chi connectivity index (χ3n) is 3.94. The minimum absolute atomic E-state index is 0.237. The number of benzene rings is 1. The lowest BCUT2D eigenvalue weighted by molar-refractivity contribution is -0.146. The van der Waals surface area contributed by atoms with Gasteiger partial charge in [-0.15, -0.1) is 0 Å². The summed E-state index contributed by atoms with van der Waals surface area (Å²) in [4.78, 5) is 24.9. The smallest absolute Gasteiger partial charge is 0.317 e. The Balaban J connectivity index is 1.91. The van der Waals surface area contributed by atoms with E-state index in [-0.39, 0.29) is 12.6 Å². The summed E-state index contributed by atoms with van der Waals surface area (Å²) in [5, 5.41) is 12.0. The Hall–Kier alpha value is -1.76. The van der Waals surface area contributed by atoms with Crippen molar-refractivity contribution in [3.05, 3.63) is 28.2 Å². The Kier molecular flexibility index (Phi) is 4.95. The van der Waals surface area contributed by atoms with Gasteiger partial charge in [0.05, 0.1) is 17.0 Å². The fourth-order valence-corrected chi connectivity index (χ4v) is 3.01. The fraction of sp³-hybridized carbons (Fsp3) is 0.467. The zero-order valence-corrected chi connectivity index (χ0v) is 14.1. The highest BCUT2D eigenvalue weighted by atomic mass is 79.9. The maximum absolute atomic E-state index is 12.1. The van der Waals surface area contributed by atoms with Crippen LogP contribution >= 0.6 is 15.9 Å². The number of nitrogens with zero attached hydrogens (tertiary/aromatic N) is 1. The molecule has 1 fully saturated rings. The Morgan fingerprint density at radius 2 is 2.23 bits per heavy atom. The van der Waals surface area contributed by atoms with Crippen LogP contribution in [0, 0.1) is 5.41 Å². The molecule has 2 N–H and O–H groups in total. The second kappa shape index (κ2) is 6.56. The first-order valence-electron chi connectivity index (χ1n) is 6.94. The largest absolute Gasteiger partial charge is 0.496 e. The molecule has 7 heteroatoms. The first-order chi connectivity index (χ1) is 10.4. The van der Waals surface area contributed by atoms with Crippen molar-refractivity contribution in [2.75, 3.05) is 20.2 Å². The maximum atomic E-state index is 12.1. The van der Waals surface area contributed by atoms with Crippen molar-refractivity contribution in [2.24, 2.45) is 5.41 Å². The number of nitrogens with one attached hydrogen (secondary N) is 1. The van der Waals surface area contributed by atoms with Gasteiger partial charge in [-0.1, -0.05) is 6.07 Å². The zero-order valence-electron chi connectivity index (χ0n) is 12.6. The van der Waals surface area contributed by atoms with Gasteiger partial charge >= 0.3 is 12.0 Å². The van der Waals surface area contributed by atoms with E-state index in [2.05, 4.69) is 21.2 Å². The standard InChI is InChI=1S/C15H19BrN2O4/c1-15(13(19)20)5-6-18(9-15)14(21)17-8-10-3-4-12(22-2)11(16)7-10/h3-4,7H,5-6,8-9H2,1-2H3,(H,17,21)(H,19,20). The molecule has 120 valence electrons. The number of carboxylic acids is 1. The number of ether oxygens (including phenoxy) is 1. The second-order valence-corrected chi connectivity index (χ2v) is 6.52. The lowest BCUT2D eigenvalue weighted by atomic mass is 9.90. The van der Waals surface area contributed by atoms with Crippen LogP contribution in [0.5, 0.6) is 5.75 Å². The minimum atomic E-state index is -0.859. The van der Waals surface area contributed by atoms with Crippen LogP contribution < -0.4 is 10.1 Å². The predicted octanol–water partition coefficient (Wildman–Crippen LogP) is 2.46. The number of hydrogen-bond acceptors (Lipinski definition) is 3. The molecule has 1 aliphatic rings. The van der Waals surface area contributed by atoms with Gasteiger partial charge in [0.15, 0.2) is 0 Å². The topological polar surface area (TPSA) is 78.9 Å². The van der Waals surface area contributed by atoms with E-state index in [1.807, 2.05) is 18.2 Å². The van der Waals surface area contributed by atoms with Gasteiger partial charge < -0.3 is 20.1 Å². The van der Waals surface area contributed by atoms with Gasteiger partial charge in [-0.3, -0.25) is 4.79 Å². The van der Waals surface area contributed by atoms with Crippen LogP contribution in [0.25, 0.3) is 0 Å². The molecular weight excluding hydrogens is 352 g/mol. The Labute approximate surface area is 137 Å². The van der Waals surface area contributed by atoms with Crippen LogP contribution in [0.3, 0.4) is 0 Å². The molecule has 1 unspecified atom stereocenters. The Morgan fingerprint density at radius 3 is 2.77 bits per heavy atom. The summed E-state index contributed by atoms with van der Waals surface area (Å²) < 4.78 is 5.97. The number of carbonyl (C=O) groups is 2. The number of rotatable bonds is 4. The van der Waals surface area contributed by atoms with Gasteiger partial charge in [-0.2, -0.15) is 0 Å². The van der Waals surface area contributed by atoms with E-state index in [1.54, 1.807) is 18.9 Å². The van der Waals surface area contributed by atoms with Crippen molar-refractivity contribution in [1.29, 1.82) is 0 Å². The molecule has 6 nitrogen and oxygen atoms in total. The number of carbonyl (C=O) groups excluding carboxylic acids is 1. The molecule has 1 aromatic rings. The van der Waals surface area contributed by atoms with Crippen LogP contribution in [0.4, 0.5) is 4.79 Å². The first kappa shape index (κ1) is 16.6. The van der Waals surface area contributed by atoms with E-state index in [9.17, 15) is 14.7 Å². The number of carboxylic acid groups (broad SMARTS) is 1. The average Bonchev–Trinajstić information content (AvgIpc) is 2.89.